The summed E-state index contributed by atoms with van der Waals surface area (Å²) in [6, 6.07) is 8.76. The monoisotopic (exact) mass is 219 g/mol. The number of hydrogen-bond donors (Lipinski definition) is 2. The van der Waals surface area contributed by atoms with E-state index in [-0.39, 0.29) is 0 Å². The average molecular weight is 219 g/mol. The molecule has 1 fully saturated rings. The zero-order chi connectivity index (χ0) is 11.4. The summed E-state index contributed by atoms with van der Waals surface area (Å²) in [7, 11) is 0. The predicted octanol–water partition coefficient (Wildman–Crippen LogP) is 2.20. The second-order valence-corrected chi connectivity index (χ2v) is 4.37. The standard InChI is InChI=1S/C13H17NO2/c15-13(16)12(11-4-2-1-3-5-11)14-9-8-10-6-7-10/h1-5,10,12,14H,6-9H2,(H,15,16). The molecule has 3 heteroatoms. The fourth-order valence-electron chi connectivity index (χ4n) is 1.83. The van der Waals surface area contributed by atoms with Crippen LogP contribution in [0.25, 0.3) is 0 Å². The van der Waals surface area contributed by atoms with E-state index >= 15 is 0 Å². The summed E-state index contributed by atoms with van der Waals surface area (Å²) in [4.78, 5) is 11.1. The zero-order valence-electron chi connectivity index (χ0n) is 9.23. The van der Waals surface area contributed by atoms with Crippen LogP contribution in [-0.2, 0) is 4.79 Å². The predicted molar refractivity (Wildman–Crippen MR) is 62.2 cm³/mol. The van der Waals surface area contributed by atoms with Gasteiger partial charge in [-0.1, -0.05) is 43.2 Å². The van der Waals surface area contributed by atoms with Gasteiger partial charge in [-0.15, -0.1) is 0 Å². The molecule has 86 valence electrons. The van der Waals surface area contributed by atoms with Gasteiger partial charge in [0.1, 0.15) is 6.04 Å². The Morgan fingerprint density at radius 2 is 2.06 bits per heavy atom. The Morgan fingerprint density at radius 1 is 1.38 bits per heavy atom. The summed E-state index contributed by atoms with van der Waals surface area (Å²) in [6.45, 7) is 0.788. The molecule has 0 amide bonds. The first-order chi connectivity index (χ1) is 7.77. The Hall–Kier alpha value is -1.35. The molecule has 3 nitrogen and oxygen atoms in total. The van der Waals surface area contributed by atoms with Crippen LogP contribution in [0.1, 0.15) is 30.9 Å². The summed E-state index contributed by atoms with van der Waals surface area (Å²) in [5.74, 6) is 0.0275. The minimum Gasteiger partial charge on any atom is -0.480 e. The number of rotatable bonds is 6. The molecular weight excluding hydrogens is 202 g/mol. The van der Waals surface area contributed by atoms with Crippen LogP contribution in [0.4, 0.5) is 0 Å². The Morgan fingerprint density at radius 3 is 2.62 bits per heavy atom. The molecule has 2 rings (SSSR count). The van der Waals surface area contributed by atoms with Gasteiger partial charge in [0.15, 0.2) is 0 Å². The molecule has 0 aromatic heterocycles. The van der Waals surface area contributed by atoms with Gasteiger partial charge in [0.25, 0.3) is 0 Å². The van der Waals surface area contributed by atoms with E-state index < -0.39 is 12.0 Å². The Labute approximate surface area is 95.5 Å². The number of benzene rings is 1. The third-order valence-electron chi connectivity index (χ3n) is 2.98. The molecule has 2 N–H and O–H groups in total. The molecule has 1 unspecified atom stereocenters. The quantitative estimate of drug-likeness (QED) is 0.771. The maximum atomic E-state index is 11.1. The molecule has 0 aliphatic heterocycles. The van der Waals surface area contributed by atoms with Crippen LogP contribution in [0.5, 0.6) is 0 Å². The fraction of sp³-hybridized carbons (Fsp3) is 0.462. The molecule has 1 saturated carbocycles. The fourth-order valence-corrected chi connectivity index (χ4v) is 1.83. The van der Waals surface area contributed by atoms with Gasteiger partial charge in [0.2, 0.25) is 0 Å². The van der Waals surface area contributed by atoms with Gasteiger partial charge in [0.05, 0.1) is 0 Å². The van der Waals surface area contributed by atoms with E-state index in [9.17, 15) is 4.79 Å². The van der Waals surface area contributed by atoms with Gasteiger partial charge in [-0.05, 0) is 24.4 Å². The van der Waals surface area contributed by atoms with Crippen molar-refractivity contribution in [2.45, 2.75) is 25.3 Å². The van der Waals surface area contributed by atoms with Gasteiger partial charge in [-0.2, -0.15) is 0 Å². The second kappa shape index (κ2) is 5.12. The molecule has 1 aromatic rings. The normalized spacial score (nSPS) is 17.0. The molecule has 1 aliphatic rings. The van der Waals surface area contributed by atoms with Crippen LogP contribution in [0.2, 0.25) is 0 Å². The lowest BCUT2D eigenvalue weighted by Gasteiger charge is -2.14. The molecule has 0 saturated heterocycles. The molecule has 1 aromatic carbocycles. The van der Waals surface area contributed by atoms with Crippen molar-refractivity contribution in [1.82, 2.24) is 5.32 Å². The minimum atomic E-state index is -0.804. The summed E-state index contributed by atoms with van der Waals surface area (Å²) < 4.78 is 0. The lowest BCUT2D eigenvalue weighted by atomic mass is 10.1. The van der Waals surface area contributed by atoms with Gasteiger partial charge in [-0.25, -0.2) is 0 Å². The van der Waals surface area contributed by atoms with Crippen molar-refractivity contribution in [1.29, 1.82) is 0 Å². The number of carbonyl (C=O) groups is 1. The highest BCUT2D eigenvalue weighted by Crippen LogP contribution is 2.31. The Bertz CT molecular complexity index is 346. The van der Waals surface area contributed by atoms with Crippen LogP contribution in [0, 0.1) is 5.92 Å². The van der Waals surface area contributed by atoms with Crippen molar-refractivity contribution in [3.05, 3.63) is 35.9 Å². The maximum absolute atomic E-state index is 11.1. The molecule has 1 atom stereocenters. The largest absolute Gasteiger partial charge is 0.480 e. The maximum Gasteiger partial charge on any atom is 0.325 e. The molecule has 0 radical (unpaired) electrons. The van der Waals surface area contributed by atoms with E-state index in [4.69, 9.17) is 5.11 Å². The van der Waals surface area contributed by atoms with Gasteiger partial charge in [0, 0.05) is 0 Å². The highest BCUT2D eigenvalue weighted by atomic mass is 16.4. The van der Waals surface area contributed by atoms with E-state index in [1.807, 2.05) is 30.3 Å². The van der Waals surface area contributed by atoms with E-state index in [0.717, 1.165) is 24.4 Å². The van der Waals surface area contributed by atoms with Crippen LogP contribution in [0.3, 0.4) is 0 Å². The minimum absolute atomic E-state index is 0.569. The summed E-state index contributed by atoms with van der Waals surface area (Å²) in [6.07, 6.45) is 3.71. The molecule has 0 bridgehead atoms. The molecule has 0 spiro atoms. The smallest absolute Gasteiger partial charge is 0.325 e. The first-order valence-corrected chi connectivity index (χ1v) is 5.78. The third-order valence-corrected chi connectivity index (χ3v) is 2.98. The van der Waals surface area contributed by atoms with E-state index in [2.05, 4.69) is 5.32 Å². The number of nitrogens with one attached hydrogen (secondary N) is 1. The van der Waals surface area contributed by atoms with Gasteiger partial charge in [-0.3, -0.25) is 4.79 Å². The van der Waals surface area contributed by atoms with Crippen LogP contribution < -0.4 is 5.32 Å². The topological polar surface area (TPSA) is 49.3 Å². The van der Waals surface area contributed by atoms with Crippen molar-refractivity contribution < 1.29 is 9.90 Å². The van der Waals surface area contributed by atoms with Crippen LogP contribution in [0.15, 0.2) is 30.3 Å². The van der Waals surface area contributed by atoms with Crippen molar-refractivity contribution in [2.75, 3.05) is 6.54 Å². The molecule has 0 heterocycles. The van der Waals surface area contributed by atoms with Crippen LogP contribution >= 0.6 is 0 Å². The summed E-state index contributed by atoms with van der Waals surface area (Å²) in [5.41, 5.74) is 0.825. The SMILES string of the molecule is O=C(O)C(NCCC1CC1)c1ccccc1. The average Bonchev–Trinajstić information content (AvgIpc) is 3.09. The van der Waals surface area contributed by atoms with E-state index in [1.165, 1.54) is 12.8 Å². The Balaban J connectivity index is 1.91. The molecular formula is C13H17NO2. The first-order valence-electron chi connectivity index (χ1n) is 5.78. The first kappa shape index (κ1) is 11.1. The second-order valence-electron chi connectivity index (χ2n) is 4.37. The van der Waals surface area contributed by atoms with Crippen molar-refractivity contribution >= 4 is 5.97 Å². The van der Waals surface area contributed by atoms with Gasteiger partial charge < -0.3 is 10.4 Å². The van der Waals surface area contributed by atoms with Crippen LogP contribution in [-0.4, -0.2) is 17.6 Å². The van der Waals surface area contributed by atoms with E-state index in [0.29, 0.717) is 0 Å². The molecule has 1 aliphatic carbocycles. The van der Waals surface area contributed by atoms with E-state index in [1.54, 1.807) is 0 Å². The lowest BCUT2D eigenvalue weighted by molar-refractivity contribution is -0.139. The van der Waals surface area contributed by atoms with Crippen molar-refractivity contribution in [3.8, 4) is 0 Å². The summed E-state index contributed by atoms with van der Waals surface area (Å²) >= 11 is 0. The number of carboxylic acid groups (broad SMARTS) is 1. The van der Waals surface area contributed by atoms with Crippen molar-refractivity contribution in [3.63, 3.8) is 0 Å². The zero-order valence-corrected chi connectivity index (χ0v) is 9.23. The third kappa shape index (κ3) is 3.07. The summed E-state index contributed by atoms with van der Waals surface area (Å²) in [5, 5.41) is 12.3. The molecule has 16 heavy (non-hydrogen) atoms. The Kier molecular flexibility index (Phi) is 3.57. The highest BCUT2D eigenvalue weighted by molar-refractivity contribution is 5.75. The number of carboxylic acids is 1. The van der Waals surface area contributed by atoms with Gasteiger partial charge >= 0.3 is 5.97 Å². The number of aliphatic carboxylic acids is 1. The number of hydrogen-bond acceptors (Lipinski definition) is 2. The van der Waals surface area contributed by atoms with Crippen molar-refractivity contribution in [2.24, 2.45) is 5.92 Å². The lowest BCUT2D eigenvalue weighted by Crippen LogP contribution is -2.29. The highest BCUT2D eigenvalue weighted by Gasteiger charge is 2.23.